The number of hydrogen-bond donors (Lipinski definition) is 2. The molecule has 1 atom stereocenters. The molecule has 1 amide bonds. The second-order valence-corrected chi connectivity index (χ2v) is 10.7. The average Bonchev–Trinajstić information content (AvgIpc) is 3.34. The predicted molar refractivity (Wildman–Crippen MR) is 158 cm³/mol. The number of amides is 1. The van der Waals surface area contributed by atoms with Crippen molar-refractivity contribution in [1.82, 2.24) is 24.8 Å². The largest absolute Gasteiger partial charge is 0.494 e. The van der Waals surface area contributed by atoms with E-state index >= 15 is 0 Å². The number of fused-ring (bicyclic) bond motifs is 1. The van der Waals surface area contributed by atoms with Crippen LogP contribution in [0.5, 0.6) is 5.75 Å². The number of aliphatic carboxylic acids is 1. The van der Waals surface area contributed by atoms with Gasteiger partial charge in [0.2, 0.25) is 0 Å². The van der Waals surface area contributed by atoms with Crippen molar-refractivity contribution in [2.75, 3.05) is 13.2 Å². The highest BCUT2D eigenvalue weighted by atomic mass is 16.6. The number of carboxylic acid groups (broad SMARTS) is 1. The van der Waals surface area contributed by atoms with Crippen LogP contribution < -0.4 is 10.1 Å². The number of nitrogens with one attached hydrogen (secondary N) is 1. The van der Waals surface area contributed by atoms with Crippen LogP contribution in [0.4, 0.5) is 10.7 Å². The van der Waals surface area contributed by atoms with Crippen LogP contribution in [-0.2, 0) is 9.53 Å². The van der Waals surface area contributed by atoms with E-state index < -0.39 is 17.7 Å². The van der Waals surface area contributed by atoms with Crippen molar-refractivity contribution in [3.8, 4) is 11.4 Å². The fraction of sp³-hybridized carbons (Fsp3) is 0.467. The normalized spacial score (nSPS) is 13.0. The van der Waals surface area contributed by atoms with E-state index in [9.17, 15) is 9.59 Å². The molecule has 2 aromatic heterocycles. The summed E-state index contributed by atoms with van der Waals surface area (Å²) in [5.41, 5.74) is 2.50. The fourth-order valence-electron chi connectivity index (χ4n) is 3.82. The van der Waals surface area contributed by atoms with Gasteiger partial charge >= 0.3 is 12.1 Å². The Labute approximate surface area is 240 Å². The number of carbonyl (C=O) groups is 2. The quantitative estimate of drug-likeness (QED) is 0.178. The van der Waals surface area contributed by atoms with Gasteiger partial charge in [-0.25, -0.2) is 19.8 Å². The van der Waals surface area contributed by atoms with Gasteiger partial charge in [0.25, 0.3) is 5.95 Å². The fourth-order valence-corrected chi connectivity index (χ4v) is 3.82. The summed E-state index contributed by atoms with van der Waals surface area (Å²) in [7, 11) is 0. The van der Waals surface area contributed by atoms with E-state index in [-0.39, 0.29) is 6.42 Å². The molecule has 0 spiro atoms. The van der Waals surface area contributed by atoms with Crippen molar-refractivity contribution < 1.29 is 24.2 Å². The van der Waals surface area contributed by atoms with Crippen molar-refractivity contribution in [3.05, 3.63) is 48.9 Å². The first-order valence-corrected chi connectivity index (χ1v) is 13.9. The lowest BCUT2D eigenvalue weighted by Crippen LogP contribution is -2.33. The first-order valence-electron chi connectivity index (χ1n) is 13.9. The molecular formula is C30H40N6O5. The van der Waals surface area contributed by atoms with Crippen LogP contribution in [0.1, 0.15) is 66.7 Å². The Morgan fingerprint density at radius 3 is 2.61 bits per heavy atom. The Bertz CT molecular complexity index is 1360. The monoisotopic (exact) mass is 564 g/mol. The molecule has 3 rings (SSSR count). The maximum Gasteiger partial charge on any atom is 0.407 e. The maximum atomic E-state index is 11.8. The average molecular weight is 565 g/mol. The van der Waals surface area contributed by atoms with E-state index in [1.807, 2.05) is 62.6 Å². The number of rotatable bonds is 14. The molecule has 0 aliphatic rings. The lowest BCUT2D eigenvalue weighted by molar-refractivity contribution is -0.137. The Balaban J connectivity index is 1.60. The lowest BCUT2D eigenvalue weighted by atomic mass is 10.0. The molecule has 0 radical (unpaired) electrons. The number of aliphatic imine (C=N–C) groups is 1. The van der Waals surface area contributed by atoms with Gasteiger partial charge in [-0.05, 0) is 82.7 Å². The van der Waals surface area contributed by atoms with Gasteiger partial charge in [0.05, 0.1) is 12.8 Å². The summed E-state index contributed by atoms with van der Waals surface area (Å²) >= 11 is 0. The summed E-state index contributed by atoms with van der Waals surface area (Å²) in [4.78, 5) is 40.5. The highest BCUT2D eigenvalue weighted by molar-refractivity contribution is 5.96. The van der Waals surface area contributed by atoms with Crippen LogP contribution >= 0.6 is 0 Å². The summed E-state index contributed by atoms with van der Waals surface area (Å²) in [5.74, 6) is 0.491. The van der Waals surface area contributed by atoms with E-state index in [1.54, 1.807) is 12.5 Å². The number of carboxylic acids is 1. The number of aromatic nitrogens is 4. The van der Waals surface area contributed by atoms with E-state index in [1.165, 1.54) is 0 Å². The second-order valence-electron chi connectivity index (χ2n) is 10.7. The molecule has 0 saturated carbocycles. The van der Waals surface area contributed by atoms with Crippen molar-refractivity contribution in [3.63, 3.8) is 0 Å². The Morgan fingerprint density at radius 2 is 1.93 bits per heavy atom. The molecule has 1 unspecified atom stereocenters. The molecule has 0 aliphatic heterocycles. The number of hydrogen-bond acceptors (Lipinski definition) is 8. The van der Waals surface area contributed by atoms with Crippen LogP contribution in [0.25, 0.3) is 16.9 Å². The van der Waals surface area contributed by atoms with Crippen molar-refractivity contribution in [2.24, 2.45) is 10.9 Å². The molecule has 11 nitrogen and oxygen atoms in total. The van der Waals surface area contributed by atoms with Crippen molar-refractivity contribution in [2.45, 2.75) is 72.3 Å². The predicted octanol–water partition coefficient (Wildman–Crippen LogP) is 6.04. The summed E-state index contributed by atoms with van der Waals surface area (Å²) in [5, 5.41) is 11.5. The lowest BCUT2D eigenvalue weighted by Gasteiger charge is -2.19. The smallest absolute Gasteiger partial charge is 0.407 e. The molecule has 2 heterocycles. The van der Waals surface area contributed by atoms with Gasteiger partial charge in [0.15, 0.2) is 5.65 Å². The van der Waals surface area contributed by atoms with Crippen LogP contribution in [0, 0.1) is 5.92 Å². The standard InChI is InChI=1S/C30H40N6O5/c1-6-22(12-11-21(2)9-7-17-31-29(39)41-30(3,4)5)34-28-32-19-25-27(35-28)36(20-33-25)23-13-15-24(16-14-23)40-18-8-10-26(37)38/h11-16,19-21H,6-10,17-18H2,1-5H3,(H,31,39)(H,37,38)/b12-11-,34-22?. The molecular weight excluding hydrogens is 524 g/mol. The molecule has 3 aromatic rings. The third kappa shape index (κ3) is 10.7. The SMILES string of the molecule is CCC(/C=C\C(C)CCCNC(=O)OC(C)(C)C)=Nc1ncc2ncn(-c3ccc(OCCCC(=O)O)cc3)c2n1. The molecule has 0 fully saturated rings. The molecule has 0 bridgehead atoms. The van der Waals surface area contributed by atoms with E-state index in [0.717, 1.165) is 30.7 Å². The molecule has 2 N–H and O–H groups in total. The van der Waals surface area contributed by atoms with Gasteiger partial charge in [-0.15, -0.1) is 0 Å². The van der Waals surface area contributed by atoms with Gasteiger partial charge in [-0.1, -0.05) is 19.9 Å². The van der Waals surface area contributed by atoms with E-state index in [4.69, 9.17) is 14.6 Å². The number of nitrogens with zero attached hydrogens (tertiary/aromatic N) is 5. The zero-order valence-electron chi connectivity index (χ0n) is 24.5. The number of ether oxygens (including phenoxy) is 2. The Kier molecular flexibility index (Phi) is 11.4. The minimum Gasteiger partial charge on any atom is -0.494 e. The zero-order chi connectivity index (χ0) is 29.8. The Morgan fingerprint density at radius 1 is 1.17 bits per heavy atom. The molecule has 220 valence electrons. The number of allylic oxidation sites excluding steroid dienone is 2. The first kappa shape index (κ1) is 31.3. The minimum absolute atomic E-state index is 0.0767. The first-order chi connectivity index (χ1) is 19.5. The van der Waals surface area contributed by atoms with Crippen molar-refractivity contribution >= 4 is 34.9 Å². The van der Waals surface area contributed by atoms with Gasteiger partial charge < -0.3 is 19.9 Å². The number of imidazole rings is 1. The minimum atomic E-state index is -0.834. The molecule has 0 saturated heterocycles. The highest BCUT2D eigenvalue weighted by Crippen LogP contribution is 2.21. The van der Waals surface area contributed by atoms with Gasteiger partial charge in [0.1, 0.15) is 23.2 Å². The highest BCUT2D eigenvalue weighted by Gasteiger charge is 2.15. The molecule has 11 heteroatoms. The maximum absolute atomic E-state index is 11.8. The molecule has 1 aromatic carbocycles. The van der Waals surface area contributed by atoms with Crippen molar-refractivity contribution in [1.29, 1.82) is 0 Å². The van der Waals surface area contributed by atoms with Gasteiger partial charge in [-0.3, -0.25) is 9.36 Å². The van der Waals surface area contributed by atoms with E-state index in [0.29, 0.717) is 48.4 Å². The van der Waals surface area contributed by atoms with Gasteiger partial charge in [-0.2, -0.15) is 4.98 Å². The summed E-state index contributed by atoms with van der Waals surface area (Å²) in [6, 6.07) is 7.44. The molecule has 0 aliphatic carbocycles. The third-order valence-corrected chi connectivity index (χ3v) is 5.92. The van der Waals surface area contributed by atoms with Crippen LogP contribution in [0.15, 0.2) is 53.9 Å². The van der Waals surface area contributed by atoms with Gasteiger partial charge in [0, 0.05) is 24.4 Å². The van der Waals surface area contributed by atoms with Crippen LogP contribution in [0.3, 0.4) is 0 Å². The molecule has 41 heavy (non-hydrogen) atoms. The second kappa shape index (κ2) is 14.9. The number of benzene rings is 1. The van der Waals surface area contributed by atoms with Crippen LogP contribution in [-0.4, -0.2) is 61.2 Å². The third-order valence-electron chi connectivity index (χ3n) is 5.92. The number of carbonyl (C=O) groups excluding carboxylic acids is 1. The summed E-state index contributed by atoms with van der Waals surface area (Å²) < 4.78 is 12.7. The summed E-state index contributed by atoms with van der Waals surface area (Å²) in [6.45, 7) is 10.6. The summed E-state index contributed by atoms with van der Waals surface area (Å²) in [6.07, 6.45) is 10.1. The Hall–Kier alpha value is -4.28. The topological polar surface area (TPSA) is 141 Å². The van der Waals surface area contributed by atoms with Crippen LogP contribution in [0.2, 0.25) is 0 Å². The zero-order valence-corrected chi connectivity index (χ0v) is 24.5. The van der Waals surface area contributed by atoms with E-state index in [2.05, 4.69) is 38.3 Å². The number of alkyl carbamates (subject to hydrolysis) is 1.